The number of phenolic OH excluding ortho intramolecular Hbond substituents is 2. The number of carbonyl (C=O) groups is 7. The zero-order valence-corrected chi connectivity index (χ0v) is 38.1. The number of carbonyl (C=O) groups excluding carboxylic acids is 6. The van der Waals surface area contributed by atoms with E-state index in [1.54, 1.807) is 86.6 Å². The van der Waals surface area contributed by atoms with E-state index in [1.807, 2.05) is 0 Å². The first kappa shape index (κ1) is 51.9. The first-order valence-corrected chi connectivity index (χ1v) is 21.1. The Morgan fingerprint density at radius 1 is 0.688 bits per heavy atom. The summed E-state index contributed by atoms with van der Waals surface area (Å²) in [5.74, 6) is -2.84. The number of carboxylic acid groups (broad SMARTS) is 1. The molecule has 1 aliphatic rings. The normalized spacial score (nSPS) is 17.4. The molecule has 354 valence electrons. The topological polar surface area (TPSA) is 292 Å². The summed E-state index contributed by atoms with van der Waals surface area (Å²) in [6.45, 7) is 15.0. The van der Waals surface area contributed by atoms with E-state index in [2.05, 4.69) is 37.2 Å². The maximum atomic E-state index is 14.2. The summed E-state index contributed by atoms with van der Waals surface area (Å²) < 4.78 is 16.1. The van der Waals surface area contributed by atoms with Gasteiger partial charge >= 0.3 is 24.4 Å². The van der Waals surface area contributed by atoms with Gasteiger partial charge < -0.3 is 66.7 Å². The smallest absolute Gasteiger partial charge is 0.408 e. The number of ether oxygens (including phenoxy) is 3. The van der Waals surface area contributed by atoms with Crippen LogP contribution in [0.4, 0.5) is 19.2 Å². The summed E-state index contributed by atoms with van der Waals surface area (Å²) in [6.07, 6.45) is -3.66. The van der Waals surface area contributed by atoms with E-state index in [1.165, 1.54) is 12.1 Å². The SMILES string of the molecule is CC(C)(C)OC(=O)NCCC[C@@H](CNC(=O)[C@@H]1Cc2cc(ccc2O)-c2ccc(O)c(c2)C[C@H](NC(=O)OC(C)(C)C)C(=O)N[C@@H](CCCNC(=O)O)C(=O)N1)NC(=O)OC(C)(C)C. The Hall–Kier alpha value is -6.47. The van der Waals surface area contributed by atoms with Gasteiger partial charge in [0.05, 0.1) is 0 Å². The maximum Gasteiger partial charge on any atom is 0.408 e. The number of benzene rings is 2. The molecule has 4 atom stereocenters. The maximum absolute atomic E-state index is 14.2. The average molecular weight is 900 g/mol. The van der Waals surface area contributed by atoms with Crippen LogP contribution in [0.2, 0.25) is 0 Å². The predicted molar refractivity (Wildman–Crippen MR) is 235 cm³/mol. The second-order valence-corrected chi connectivity index (χ2v) is 18.4. The Kier molecular flexibility index (Phi) is 18.4. The zero-order chi connectivity index (χ0) is 48.0. The Morgan fingerprint density at radius 2 is 1.22 bits per heavy atom. The van der Waals surface area contributed by atoms with E-state index < -0.39 is 83.1 Å². The molecule has 2 aromatic carbocycles. The van der Waals surface area contributed by atoms with Gasteiger partial charge in [-0.1, -0.05) is 12.1 Å². The summed E-state index contributed by atoms with van der Waals surface area (Å²) in [5, 5.41) is 49.3. The Bertz CT molecular complexity index is 1990. The molecule has 64 heavy (non-hydrogen) atoms. The minimum Gasteiger partial charge on any atom is -0.508 e. The summed E-state index contributed by atoms with van der Waals surface area (Å²) in [5.41, 5.74) is -0.920. The second-order valence-electron chi connectivity index (χ2n) is 18.4. The summed E-state index contributed by atoms with van der Waals surface area (Å²) in [4.78, 5) is 91.9. The molecule has 0 radical (unpaired) electrons. The lowest BCUT2D eigenvalue weighted by Crippen LogP contribution is -2.58. The molecule has 3 rings (SSSR count). The minimum atomic E-state index is -1.41. The summed E-state index contributed by atoms with van der Waals surface area (Å²) in [6, 6.07) is 4.30. The van der Waals surface area contributed by atoms with Crippen LogP contribution in [0.15, 0.2) is 36.4 Å². The molecule has 0 aromatic heterocycles. The molecule has 7 amide bonds. The van der Waals surface area contributed by atoms with Gasteiger partial charge in [-0.05, 0) is 135 Å². The van der Waals surface area contributed by atoms with Crippen molar-refractivity contribution >= 4 is 42.1 Å². The molecule has 0 fully saturated rings. The third-order valence-corrected chi connectivity index (χ3v) is 9.20. The van der Waals surface area contributed by atoms with Crippen molar-refractivity contribution in [1.82, 2.24) is 37.2 Å². The number of aromatic hydroxyl groups is 2. The van der Waals surface area contributed by atoms with Crippen molar-refractivity contribution in [2.75, 3.05) is 19.6 Å². The number of nitrogens with one attached hydrogen (secondary N) is 7. The van der Waals surface area contributed by atoms with Gasteiger partial charge in [0.1, 0.15) is 46.4 Å². The average Bonchev–Trinajstić information content (AvgIpc) is 3.14. The third kappa shape index (κ3) is 18.9. The Morgan fingerprint density at radius 3 is 1.78 bits per heavy atom. The van der Waals surface area contributed by atoms with Crippen LogP contribution in [0.5, 0.6) is 11.5 Å². The quantitative estimate of drug-likeness (QED) is 0.100. The van der Waals surface area contributed by atoms with Crippen molar-refractivity contribution in [2.24, 2.45) is 0 Å². The number of alkyl carbamates (subject to hydrolysis) is 3. The fraction of sp³-hybridized carbons (Fsp3) is 0.568. The van der Waals surface area contributed by atoms with Crippen molar-refractivity contribution in [3.8, 4) is 22.6 Å². The van der Waals surface area contributed by atoms with E-state index in [4.69, 9.17) is 19.3 Å². The number of fused-ring (bicyclic) bond motifs is 5. The van der Waals surface area contributed by atoms with Gasteiger partial charge in [0, 0.05) is 38.5 Å². The standard InChI is InChI=1S/C44H65N7O13/c1-42(2,3)62-39(59)46-19-10-12-29(48-40(60)63-43(4,5)6)24-47-35(54)31-22-27-20-25(14-16-33(27)52)26-15-17-34(53)28(21-26)23-32(51-41(61)64-44(7,8)9)37(56)49-30(36(55)50-31)13-11-18-45-38(57)58/h14-17,20-21,29-32,45,52-53H,10-13,18-19,22-24H2,1-9H3,(H,46,59)(H,47,54)(H,48,60)(H,49,56)(H,50,55)(H,51,61)(H,57,58)/t29-,30-,31-,32-/m0/s1. The van der Waals surface area contributed by atoms with Crippen LogP contribution in [-0.4, -0.2) is 118 Å². The second kappa shape index (κ2) is 22.8. The fourth-order valence-corrected chi connectivity index (χ4v) is 6.38. The van der Waals surface area contributed by atoms with E-state index in [0.29, 0.717) is 17.5 Å². The summed E-state index contributed by atoms with van der Waals surface area (Å²) in [7, 11) is 0. The van der Waals surface area contributed by atoms with E-state index in [-0.39, 0.29) is 74.4 Å². The van der Waals surface area contributed by atoms with Crippen LogP contribution in [-0.2, 0) is 41.4 Å². The number of phenols is 2. The molecule has 0 saturated carbocycles. The molecule has 1 aliphatic heterocycles. The highest BCUT2D eigenvalue weighted by Crippen LogP contribution is 2.31. The molecule has 0 saturated heterocycles. The van der Waals surface area contributed by atoms with Crippen molar-refractivity contribution in [3.05, 3.63) is 47.5 Å². The van der Waals surface area contributed by atoms with Gasteiger partial charge in [-0.15, -0.1) is 0 Å². The van der Waals surface area contributed by atoms with Crippen molar-refractivity contribution in [3.63, 3.8) is 0 Å². The highest BCUT2D eigenvalue weighted by atomic mass is 16.6. The van der Waals surface area contributed by atoms with Crippen LogP contribution in [0.1, 0.15) is 99.1 Å². The van der Waals surface area contributed by atoms with Crippen molar-refractivity contribution in [1.29, 1.82) is 0 Å². The van der Waals surface area contributed by atoms with Gasteiger partial charge in [0.25, 0.3) is 0 Å². The van der Waals surface area contributed by atoms with E-state index >= 15 is 0 Å². The fourth-order valence-electron chi connectivity index (χ4n) is 6.38. The predicted octanol–water partition coefficient (Wildman–Crippen LogP) is 4.09. The molecular formula is C44H65N7O13. The number of amides is 7. The molecule has 2 aromatic rings. The highest BCUT2D eigenvalue weighted by Gasteiger charge is 2.33. The van der Waals surface area contributed by atoms with Gasteiger partial charge in [-0.2, -0.15) is 0 Å². The lowest BCUT2D eigenvalue weighted by molar-refractivity contribution is -0.132. The molecule has 20 nitrogen and oxygen atoms in total. The van der Waals surface area contributed by atoms with Crippen molar-refractivity contribution in [2.45, 2.75) is 142 Å². The van der Waals surface area contributed by atoms with Gasteiger partial charge in [-0.3, -0.25) is 14.4 Å². The van der Waals surface area contributed by atoms with Crippen LogP contribution >= 0.6 is 0 Å². The van der Waals surface area contributed by atoms with Gasteiger partial charge in [-0.25, -0.2) is 19.2 Å². The third-order valence-electron chi connectivity index (χ3n) is 9.20. The molecule has 10 N–H and O–H groups in total. The van der Waals surface area contributed by atoms with Crippen LogP contribution in [0.3, 0.4) is 0 Å². The Balaban J connectivity index is 2.03. The van der Waals surface area contributed by atoms with E-state index in [9.17, 15) is 43.8 Å². The first-order valence-electron chi connectivity index (χ1n) is 21.1. The minimum absolute atomic E-state index is 0.0537. The lowest BCUT2D eigenvalue weighted by Gasteiger charge is -2.27. The molecule has 20 heteroatoms. The van der Waals surface area contributed by atoms with E-state index in [0.717, 1.165) is 0 Å². The molecule has 1 heterocycles. The van der Waals surface area contributed by atoms with Crippen LogP contribution in [0, 0.1) is 0 Å². The zero-order valence-electron chi connectivity index (χ0n) is 38.1. The van der Waals surface area contributed by atoms with Crippen LogP contribution < -0.4 is 37.2 Å². The number of rotatable bonds is 13. The number of hydrogen-bond donors (Lipinski definition) is 10. The number of hydrogen-bond acceptors (Lipinski definition) is 12. The molecule has 0 aliphatic carbocycles. The molecule has 0 unspecified atom stereocenters. The molecular weight excluding hydrogens is 835 g/mol. The van der Waals surface area contributed by atoms with Gasteiger partial charge in [0.15, 0.2) is 0 Å². The first-order chi connectivity index (χ1) is 29.7. The summed E-state index contributed by atoms with van der Waals surface area (Å²) >= 11 is 0. The molecule has 0 spiro atoms. The van der Waals surface area contributed by atoms with Crippen molar-refractivity contribution < 1.29 is 63.1 Å². The largest absolute Gasteiger partial charge is 0.508 e. The van der Waals surface area contributed by atoms with Crippen LogP contribution in [0.25, 0.3) is 11.1 Å². The highest BCUT2D eigenvalue weighted by molar-refractivity contribution is 5.94. The molecule has 4 bridgehead atoms. The van der Waals surface area contributed by atoms with Gasteiger partial charge in [0.2, 0.25) is 17.7 Å². The monoisotopic (exact) mass is 899 g/mol. The lowest BCUT2D eigenvalue weighted by atomic mass is 9.95. The Labute approximate surface area is 373 Å².